The Balaban J connectivity index is 1.67. The summed E-state index contributed by atoms with van der Waals surface area (Å²) in [5.74, 6) is 0. The van der Waals surface area contributed by atoms with Crippen LogP contribution in [0.25, 0.3) is 10.2 Å². The van der Waals surface area contributed by atoms with Crippen LogP contribution >= 0.6 is 11.3 Å². The Hall–Kier alpha value is -2.42. The average molecular weight is 378 g/mol. The second-order valence-corrected chi connectivity index (χ2v) is 8.37. The zero-order valence-corrected chi connectivity index (χ0v) is 15.8. The maximum Gasteiger partial charge on any atom is 0.410 e. The SMILES string of the molecule is CC(C)(C)OC(=O)N1CCC[C@@H](Nc2nc3cc([N+](=O)[O-])ccc3s2)C1. The first kappa shape index (κ1) is 18.4. The molecule has 0 spiro atoms. The van der Waals surface area contributed by atoms with Gasteiger partial charge in [-0.15, -0.1) is 0 Å². The number of hydrogen-bond acceptors (Lipinski definition) is 7. The van der Waals surface area contributed by atoms with Gasteiger partial charge in [-0.25, -0.2) is 9.78 Å². The number of nitro benzene ring substituents is 1. The molecule has 3 rings (SSSR count). The van der Waals surface area contributed by atoms with Gasteiger partial charge in [-0.3, -0.25) is 10.1 Å². The van der Waals surface area contributed by atoms with Crippen LogP contribution in [0.2, 0.25) is 0 Å². The van der Waals surface area contributed by atoms with Crippen LogP contribution in [0.15, 0.2) is 18.2 Å². The van der Waals surface area contributed by atoms with E-state index in [-0.39, 0.29) is 17.8 Å². The average Bonchev–Trinajstić information content (AvgIpc) is 2.94. The lowest BCUT2D eigenvalue weighted by Gasteiger charge is -2.34. The van der Waals surface area contributed by atoms with Crippen molar-refractivity contribution in [3.05, 3.63) is 28.3 Å². The number of nitrogens with one attached hydrogen (secondary N) is 1. The van der Waals surface area contributed by atoms with E-state index >= 15 is 0 Å². The maximum atomic E-state index is 12.3. The van der Waals surface area contributed by atoms with Gasteiger partial charge in [0.2, 0.25) is 0 Å². The molecule has 2 heterocycles. The molecule has 26 heavy (non-hydrogen) atoms. The summed E-state index contributed by atoms with van der Waals surface area (Å²) in [7, 11) is 0. The van der Waals surface area contributed by atoms with Gasteiger partial charge in [-0.05, 0) is 39.7 Å². The van der Waals surface area contributed by atoms with Crippen molar-refractivity contribution >= 4 is 38.5 Å². The molecule has 1 aromatic carbocycles. The molecule has 1 fully saturated rings. The number of rotatable bonds is 3. The summed E-state index contributed by atoms with van der Waals surface area (Å²) in [6.07, 6.45) is 1.51. The molecular formula is C17H22N4O4S. The van der Waals surface area contributed by atoms with E-state index in [1.807, 2.05) is 20.8 Å². The molecule has 0 bridgehead atoms. The molecule has 2 aromatic rings. The number of likely N-dealkylation sites (tertiary alicyclic amines) is 1. The molecule has 1 N–H and O–H groups in total. The molecule has 0 aliphatic carbocycles. The third-order valence-corrected chi connectivity index (χ3v) is 4.95. The monoisotopic (exact) mass is 378 g/mol. The molecule has 140 valence electrons. The number of thiazole rings is 1. The van der Waals surface area contributed by atoms with Gasteiger partial charge in [0.15, 0.2) is 5.13 Å². The van der Waals surface area contributed by atoms with Crippen LogP contribution < -0.4 is 5.32 Å². The molecule has 1 amide bonds. The number of fused-ring (bicyclic) bond motifs is 1. The molecule has 1 saturated heterocycles. The molecule has 0 unspecified atom stereocenters. The van der Waals surface area contributed by atoms with Gasteiger partial charge < -0.3 is 15.0 Å². The highest BCUT2D eigenvalue weighted by Crippen LogP contribution is 2.30. The first-order valence-electron chi connectivity index (χ1n) is 8.51. The highest BCUT2D eigenvalue weighted by molar-refractivity contribution is 7.22. The topological polar surface area (TPSA) is 97.6 Å². The van der Waals surface area contributed by atoms with Gasteiger partial charge >= 0.3 is 6.09 Å². The Kier molecular flexibility index (Phi) is 4.99. The van der Waals surface area contributed by atoms with Gasteiger partial charge in [-0.1, -0.05) is 11.3 Å². The number of anilines is 1. The van der Waals surface area contributed by atoms with Crippen molar-refractivity contribution in [1.82, 2.24) is 9.88 Å². The number of piperidine rings is 1. The van der Waals surface area contributed by atoms with E-state index in [1.165, 1.54) is 23.5 Å². The standard InChI is InChI=1S/C17H22N4O4S/c1-17(2,3)25-16(22)20-8-4-5-11(10-20)18-15-19-13-9-12(21(23)24)6-7-14(13)26-15/h6-7,9,11H,4-5,8,10H2,1-3H3,(H,18,19)/t11-/m1/s1. The number of hydrogen-bond donors (Lipinski definition) is 1. The van der Waals surface area contributed by atoms with Crippen LogP contribution in [0.1, 0.15) is 33.6 Å². The number of aromatic nitrogens is 1. The number of nitro groups is 1. The summed E-state index contributed by atoms with van der Waals surface area (Å²) in [6.45, 7) is 6.78. The summed E-state index contributed by atoms with van der Waals surface area (Å²) in [5, 5.41) is 14.9. The fraction of sp³-hybridized carbons (Fsp3) is 0.529. The minimum atomic E-state index is -0.515. The fourth-order valence-corrected chi connectivity index (χ4v) is 3.78. The van der Waals surface area contributed by atoms with Gasteiger partial charge in [0.25, 0.3) is 5.69 Å². The highest BCUT2D eigenvalue weighted by Gasteiger charge is 2.28. The number of amides is 1. The normalized spacial score (nSPS) is 18.0. The molecule has 1 aliphatic rings. The quantitative estimate of drug-likeness (QED) is 0.640. The van der Waals surface area contributed by atoms with Gasteiger partial charge in [0.05, 0.1) is 15.1 Å². The Morgan fingerprint density at radius 2 is 2.23 bits per heavy atom. The van der Waals surface area contributed by atoms with E-state index in [0.717, 1.165) is 17.5 Å². The lowest BCUT2D eigenvalue weighted by atomic mass is 10.1. The molecule has 1 aliphatic heterocycles. The van der Waals surface area contributed by atoms with Crippen molar-refractivity contribution in [1.29, 1.82) is 0 Å². The first-order valence-corrected chi connectivity index (χ1v) is 9.32. The molecule has 1 aromatic heterocycles. The van der Waals surface area contributed by atoms with Crippen LogP contribution in [0.5, 0.6) is 0 Å². The third-order valence-electron chi connectivity index (χ3n) is 3.98. The van der Waals surface area contributed by atoms with E-state index in [2.05, 4.69) is 10.3 Å². The van der Waals surface area contributed by atoms with E-state index in [9.17, 15) is 14.9 Å². The first-order chi connectivity index (χ1) is 12.2. The maximum absolute atomic E-state index is 12.3. The number of carbonyl (C=O) groups excluding carboxylic acids is 1. The van der Waals surface area contributed by atoms with Crippen molar-refractivity contribution in [2.45, 2.75) is 45.3 Å². The second kappa shape index (κ2) is 7.06. The van der Waals surface area contributed by atoms with Crippen LogP contribution in [-0.2, 0) is 4.74 Å². The number of non-ortho nitro benzene ring substituents is 1. The summed E-state index contributed by atoms with van der Waals surface area (Å²) in [6, 6.07) is 4.75. The van der Waals surface area contributed by atoms with Crippen molar-refractivity contribution < 1.29 is 14.5 Å². The Morgan fingerprint density at radius 1 is 1.46 bits per heavy atom. The number of nitrogens with zero attached hydrogens (tertiary/aromatic N) is 3. The minimum Gasteiger partial charge on any atom is -0.444 e. The van der Waals surface area contributed by atoms with E-state index in [4.69, 9.17) is 4.74 Å². The summed E-state index contributed by atoms with van der Waals surface area (Å²) in [5.41, 5.74) is 0.119. The largest absolute Gasteiger partial charge is 0.444 e. The van der Waals surface area contributed by atoms with E-state index in [0.29, 0.717) is 23.7 Å². The number of ether oxygens (including phenoxy) is 1. The van der Waals surface area contributed by atoms with Gasteiger partial charge in [0.1, 0.15) is 5.60 Å². The second-order valence-electron chi connectivity index (χ2n) is 7.34. The number of carbonyl (C=O) groups is 1. The van der Waals surface area contributed by atoms with Gasteiger partial charge in [-0.2, -0.15) is 0 Å². The Bertz CT molecular complexity index is 830. The molecular weight excluding hydrogens is 356 g/mol. The van der Waals surface area contributed by atoms with Crippen molar-refractivity contribution in [3.63, 3.8) is 0 Å². The minimum absolute atomic E-state index is 0.0307. The summed E-state index contributed by atoms with van der Waals surface area (Å²) >= 11 is 1.45. The Labute approximate surface area is 155 Å². The van der Waals surface area contributed by atoms with Crippen LogP contribution in [0, 0.1) is 10.1 Å². The molecule has 9 heteroatoms. The molecule has 0 radical (unpaired) electrons. The van der Waals surface area contributed by atoms with Crippen molar-refractivity contribution in [2.24, 2.45) is 0 Å². The molecule has 1 atom stereocenters. The smallest absolute Gasteiger partial charge is 0.410 e. The zero-order chi connectivity index (χ0) is 18.9. The molecule has 0 saturated carbocycles. The van der Waals surface area contributed by atoms with Crippen LogP contribution in [-0.4, -0.2) is 45.6 Å². The lowest BCUT2D eigenvalue weighted by molar-refractivity contribution is -0.384. The Morgan fingerprint density at radius 3 is 2.92 bits per heavy atom. The molecule has 8 nitrogen and oxygen atoms in total. The van der Waals surface area contributed by atoms with Crippen LogP contribution in [0.3, 0.4) is 0 Å². The third kappa shape index (κ3) is 4.40. The fourth-order valence-electron chi connectivity index (χ4n) is 2.85. The number of benzene rings is 1. The van der Waals surface area contributed by atoms with E-state index in [1.54, 1.807) is 11.0 Å². The zero-order valence-electron chi connectivity index (χ0n) is 15.0. The van der Waals surface area contributed by atoms with Crippen LogP contribution in [0.4, 0.5) is 15.6 Å². The van der Waals surface area contributed by atoms with Crippen molar-refractivity contribution in [3.8, 4) is 0 Å². The predicted octanol–water partition coefficient (Wildman–Crippen LogP) is 4.02. The van der Waals surface area contributed by atoms with Crippen molar-refractivity contribution in [2.75, 3.05) is 18.4 Å². The highest BCUT2D eigenvalue weighted by atomic mass is 32.1. The summed E-state index contributed by atoms with van der Waals surface area (Å²) in [4.78, 5) is 28.9. The lowest BCUT2D eigenvalue weighted by Crippen LogP contribution is -2.46. The van der Waals surface area contributed by atoms with Gasteiger partial charge in [0, 0.05) is 31.3 Å². The predicted molar refractivity (Wildman–Crippen MR) is 101 cm³/mol. The van der Waals surface area contributed by atoms with E-state index < -0.39 is 10.5 Å². The summed E-state index contributed by atoms with van der Waals surface area (Å²) < 4.78 is 6.33.